The van der Waals surface area contributed by atoms with Crippen LogP contribution in [0.2, 0.25) is 0 Å². The molecule has 7 heteroatoms. The minimum absolute atomic E-state index is 0.0720. The number of carbonyl (C=O) groups is 3. The molecular formula is C13H12FN3O3. The second-order valence-electron chi connectivity index (χ2n) is 4.58. The minimum Gasteiger partial charge on any atom is -0.398 e. The summed E-state index contributed by atoms with van der Waals surface area (Å²) in [6.07, 6.45) is -0.346. The monoisotopic (exact) mass is 279 g/mol. The number of imide groups is 1. The van der Waals surface area contributed by atoms with Gasteiger partial charge in [0, 0.05) is 29.8 Å². The number of nitrogens with zero attached hydrogens (tertiary/aromatic N) is 1. The van der Waals surface area contributed by atoms with Crippen molar-refractivity contribution in [3.8, 4) is 0 Å². The lowest BCUT2D eigenvalue weighted by atomic mass is 10.0. The number of nitrogen functional groups attached to an aromatic ring is 1. The molecule has 3 N–H and O–H groups in total. The molecule has 0 aromatic heterocycles. The summed E-state index contributed by atoms with van der Waals surface area (Å²) in [6.45, 7) is -1.40. The zero-order valence-electron chi connectivity index (χ0n) is 12.3. The van der Waals surface area contributed by atoms with E-state index in [2.05, 4.69) is 0 Å². The summed E-state index contributed by atoms with van der Waals surface area (Å²) in [7, 11) is 0. The molecule has 20 heavy (non-hydrogen) atoms. The first-order valence-corrected chi connectivity index (χ1v) is 5.95. The molecule has 104 valence electrons. The first-order valence-electron chi connectivity index (χ1n) is 7.02. The summed E-state index contributed by atoms with van der Waals surface area (Å²) in [5.41, 5.74) is 5.52. The van der Waals surface area contributed by atoms with Crippen LogP contribution >= 0.6 is 0 Å². The number of halogens is 1. The van der Waals surface area contributed by atoms with Crippen molar-refractivity contribution in [2.75, 3.05) is 5.73 Å². The maximum atomic E-state index is 13.4. The lowest BCUT2D eigenvalue weighted by molar-refractivity contribution is -0.136. The van der Waals surface area contributed by atoms with Crippen molar-refractivity contribution in [3.05, 3.63) is 29.1 Å². The largest absolute Gasteiger partial charge is 0.398 e. The van der Waals surface area contributed by atoms with Gasteiger partial charge in [-0.05, 0) is 18.6 Å². The summed E-state index contributed by atoms with van der Waals surface area (Å²) >= 11 is 0. The highest BCUT2D eigenvalue weighted by molar-refractivity contribution is 6.06. The number of rotatable bonds is 1. The Hall–Kier alpha value is -2.44. The number of benzene rings is 1. The lowest BCUT2D eigenvalue weighted by Gasteiger charge is -2.29. The van der Waals surface area contributed by atoms with Crippen molar-refractivity contribution in [3.63, 3.8) is 0 Å². The zero-order chi connectivity index (χ0) is 16.2. The van der Waals surface area contributed by atoms with Gasteiger partial charge in [-0.2, -0.15) is 0 Å². The van der Waals surface area contributed by atoms with Gasteiger partial charge < -0.3 is 10.6 Å². The van der Waals surface area contributed by atoms with E-state index in [9.17, 15) is 18.8 Å². The minimum atomic E-state index is -2.10. The Kier molecular flexibility index (Phi) is 2.22. The van der Waals surface area contributed by atoms with Crippen LogP contribution in [-0.2, 0) is 16.1 Å². The fraction of sp³-hybridized carbons (Fsp3) is 0.308. The Bertz CT molecular complexity index is 727. The number of nitrogens with one attached hydrogen (secondary N) is 1. The molecular weight excluding hydrogens is 265 g/mol. The second kappa shape index (κ2) is 4.29. The van der Waals surface area contributed by atoms with Gasteiger partial charge in [-0.3, -0.25) is 19.7 Å². The summed E-state index contributed by atoms with van der Waals surface area (Å²) in [5.74, 6) is -3.06. The van der Waals surface area contributed by atoms with Gasteiger partial charge in [0.2, 0.25) is 11.8 Å². The van der Waals surface area contributed by atoms with Gasteiger partial charge in [-0.1, -0.05) is 0 Å². The molecule has 0 saturated carbocycles. The van der Waals surface area contributed by atoms with E-state index in [0.29, 0.717) is 0 Å². The van der Waals surface area contributed by atoms with Gasteiger partial charge >= 0.3 is 0 Å². The van der Waals surface area contributed by atoms with E-state index >= 15 is 0 Å². The first-order chi connectivity index (χ1) is 10.3. The van der Waals surface area contributed by atoms with E-state index in [4.69, 9.17) is 8.48 Å². The van der Waals surface area contributed by atoms with E-state index < -0.39 is 36.1 Å². The predicted molar refractivity (Wildman–Crippen MR) is 66.9 cm³/mol. The maximum Gasteiger partial charge on any atom is 0.255 e. The fourth-order valence-electron chi connectivity index (χ4n) is 2.31. The third-order valence-corrected chi connectivity index (χ3v) is 3.28. The molecule has 6 nitrogen and oxygen atoms in total. The summed E-state index contributed by atoms with van der Waals surface area (Å²) in [4.78, 5) is 36.4. The maximum absolute atomic E-state index is 13.4. The number of amides is 3. The number of hydrogen-bond donors (Lipinski definition) is 2. The van der Waals surface area contributed by atoms with Crippen molar-refractivity contribution in [2.45, 2.75) is 25.4 Å². The Balaban J connectivity index is 2.08. The molecule has 2 heterocycles. The van der Waals surface area contributed by atoms with Crippen LogP contribution in [0.25, 0.3) is 0 Å². The second-order valence-corrected chi connectivity index (χ2v) is 4.58. The van der Waals surface area contributed by atoms with Crippen LogP contribution < -0.4 is 11.1 Å². The number of fused-ring (bicyclic) bond motifs is 1. The third-order valence-electron chi connectivity index (χ3n) is 3.28. The summed E-state index contributed by atoms with van der Waals surface area (Å²) in [5, 5.41) is 1.99. The highest BCUT2D eigenvalue weighted by Gasteiger charge is 2.39. The average Bonchev–Trinajstić information content (AvgIpc) is 2.67. The molecule has 2 aliphatic rings. The molecule has 1 aromatic rings. The zero-order valence-corrected chi connectivity index (χ0v) is 10.3. The van der Waals surface area contributed by atoms with Gasteiger partial charge in [0.25, 0.3) is 5.91 Å². The highest BCUT2D eigenvalue weighted by atomic mass is 19.1. The summed E-state index contributed by atoms with van der Waals surface area (Å²) < 4.78 is 29.8. The SMILES string of the molecule is [2H]C1c2c(N)cc(F)cc2C(=O)N1C1([2H])CCC(=O)NC1=O. The van der Waals surface area contributed by atoms with Crippen molar-refractivity contribution in [2.24, 2.45) is 0 Å². The van der Waals surface area contributed by atoms with E-state index in [0.717, 1.165) is 17.0 Å². The van der Waals surface area contributed by atoms with Crippen LogP contribution in [0.3, 0.4) is 0 Å². The van der Waals surface area contributed by atoms with Crippen LogP contribution in [0.1, 0.15) is 31.5 Å². The van der Waals surface area contributed by atoms with Crippen molar-refractivity contribution < 1.29 is 21.5 Å². The fourth-order valence-corrected chi connectivity index (χ4v) is 2.31. The number of piperidine rings is 1. The highest BCUT2D eigenvalue weighted by Crippen LogP contribution is 2.31. The average molecular weight is 279 g/mol. The quantitative estimate of drug-likeness (QED) is 0.566. The standard InChI is InChI=1S/C13H12FN3O3/c14-6-3-7-8(9(15)4-6)5-17(13(7)20)10-1-2-11(18)16-12(10)19/h3-4,10H,1-2,5,15H2,(H,16,18,19)/i5D,10D. The summed E-state index contributed by atoms with van der Waals surface area (Å²) in [6, 6.07) is -0.178. The lowest BCUT2D eigenvalue weighted by Crippen LogP contribution is -2.52. The van der Waals surface area contributed by atoms with Crippen LogP contribution in [0.5, 0.6) is 0 Å². The third kappa shape index (κ3) is 1.82. The van der Waals surface area contributed by atoms with Crippen molar-refractivity contribution in [1.29, 1.82) is 0 Å². The predicted octanol–water partition coefficient (Wildman–Crippen LogP) is 0.169. The Morgan fingerprint density at radius 2 is 2.20 bits per heavy atom. The number of anilines is 1. The Morgan fingerprint density at radius 3 is 2.90 bits per heavy atom. The van der Waals surface area contributed by atoms with Crippen LogP contribution in [0, 0.1) is 5.82 Å². The number of nitrogens with two attached hydrogens (primary N) is 1. The normalized spacial score (nSPS) is 30.8. The van der Waals surface area contributed by atoms with Gasteiger partial charge in [0.05, 0.1) is 2.74 Å². The van der Waals surface area contributed by atoms with Gasteiger partial charge in [-0.15, -0.1) is 0 Å². The van der Waals surface area contributed by atoms with Crippen LogP contribution in [0.4, 0.5) is 10.1 Å². The van der Waals surface area contributed by atoms with Crippen LogP contribution in [-0.4, -0.2) is 28.6 Å². The van der Waals surface area contributed by atoms with Crippen molar-refractivity contribution >= 4 is 23.4 Å². The Labute approximate surface area is 116 Å². The molecule has 0 aliphatic carbocycles. The van der Waals surface area contributed by atoms with Gasteiger partial charge in [0.15, 0.2) is 0 Å². The molecule has 0 radical (unpaired) electrons. The van der Waals surface area contributed by atoms with Crippen molar-refractivity contribution in [1.82, 2.24) is 10.2 Å². The molecule has 2 aliphatic heterocycles. The van der Waals surface area contributed by atoms with E-state index in [1.807, 2.05) is 5.32 Å². The smallest absolute Gasteiger partial charge is 0.255 e. The topological polar surface area (TPSA) is 92.5 Å². The van der Waals surface area contributed by atoms with E-state index in [1.165, 1.54) is 0 Å². The molecule has 1 fully saturated rings. The molecule has 1 aromatic carbocycles. The van der Waals surface area contributed by atoms with E-state index in [-0.39, 0.29) is 29.7 Å². The Morgan fingerprint density at radius 1 is 1.45 bits per heavy atom. The van der Waals surface area contributed by atoms with E-state index in [1.54, 1.807) is 0 Å². The molecule has 2 unspecified atom stereocenters. The van der Waals surface area contributed by atoms with Gasteiger partial charge in [0.1, 0.15) is 11.8 Å². The van der Waals surface area contributed by atoms with Crippen LogP contribution in [0.15, 0.2) is 12.1 Å². The number of carbonyl (C=O) groups excluding carboxylic acids is 3. The molecule has 1 saturated heterocycles. The first kappa shape index (κ1) is 10.4. The van der Waals surface area contributed by atoms with Gasteiger partial charge in [-0.25, -0.2) is 4.39 Å². The molecule has 0 spiro atoms. The molecule has 2 atom stereocenters. The molecule has 3 rings (SSSR count). The number of hydrogen-bond acceptors (Lipinski definition) is 4. The molecule has 3 amide bonds. The molecule has 0 bridgehead atoms.